The molecule has 1 fully saturated rings. The standard InChI is InChI=1S/C15H17N3O2/c1-19-14(11-5-6-11)15-17-13(20-18-15)9-4-10-2-7-12(16)8-3-10/h2-4,7-9,11,14H,5-6,16H2,1H3/b9-4+. The number of aromatic nitrogens is 2. The maximum atomic E-state index is 5.64. The summed E-state index contributed by atoms with van der Waals surface area (Å²) >= 11 is 0. The summed E-state index contributed by atoms with van der Waals surface area (Å²) in [4.78, 5) is 4.36. The van der Waals surface area contributed by atoms with Crippen molar-refractivity contribution < 1.29 is 9.26 Å². The summed E-state index contributed by atoms with van der Waals surface area (Å²) in [5.74, 6) is 1.65. The fraction of sp³-hybridized carbons (Fsp3) is 0.333. The molecule has 20 heavy (non-hydrogen) atoms. The second-order valence-electron chi connectivity index (χ2n) is 4.98. The Kier molecular flexibility index (Phi) is 3.52. The van der Waals surface area contributed by atoms with E-state index in [0.29, 0.717) is 17.6 Å². The van der Waals surface area contributed by atoms with Gasteiger partial charge in [0.15, 0.2) is 0 Å². The fourth-order valence-electron chi connectivity index (χ4n) is 2.11. The summed E-state index contributed by atoms with van der Waals surface area (Å²) in [6, 6.07) is 7.58. The number of nitrogens with zero attached hydrogens (tertiary/aromatic N) is 2. The van der Waals surface area contributed by atoms with Crippen LogP contribution in [0.3, 0.4) is 0 Å². The van der Waals surface area contributed by atoms with Gasteiger partial charge in [0.2, 0.25) is 5.82 Å². The molecular formula is C15H17N3O2. The van der Waals surface area contributed by atoms with Crippen LogP contribution in [0.4, 0.5) is 5.69 Å². The van der Waals surface area contributed by atoms with Gasteiger partial charge in [-0.25, -0.2) is 0 Å². The molecule has 0 radical (unpaired) electrons. The van der Waals surface area contributed by atoms with Crippen molar-refractivity contribution in [1.82, 2.24) is 10.1 Å². The van der Waals surface area contributed by atoms with E-state index in [1.165, 1.54) is 12.8 Å². The van der Waals surface area contributed by atoms with Crippen molar-refractivity contribution in [3.05, 3.63) is 41.5 Å². The zero-order chi connectivity index (χ0) is 13.9. The average Bonchev–Trinajstić information content (AvgIpc) is 3.18. The topological polar surface area (TPSA) is 74.2 Å². The molecular weight excluding hydrogens is 254 g/mol. The van der Waals surface area contributed by atoms with Crippen LogP contribution in [-0.2, 0) is 4.74 Å². The molecule has 1 heterocycles. The van der Waals surface area contributed by atoms with Gasteiger partial charge in [-0.05, 0) is 42.5 Å². The van der Waals surface area contributed by atoms with Crippen LogP contribution < -0.4 is 5.73 Å². The van der Waals surface area contributed by atoms with Gasteiger partial charge in [-0.1, -0.05) is 17.3 Å². The number of benzene rings is 1. The van der Waals surface area contributed by atoms with Crippen LogP contribution in [0.15, 0.2) is 28.8 Å². The van der Waals surface area contributed by atoms with Crippen LogP contribution in [0.5, 0.6) is 0 Å². The van der Waals surface area contributed by atoms with E-state index >= 15 is 0 Å². The summed E-state index contributed by atoms with van der Waals surface area (Å²) in [7, 11) is 1.68. The van der Waals surface area contributed by atoms with Gasteiger partial charge in [-0.15, -0.1) is 0 Å². The molecule has 3 rings (SSSR count). The SMILES string of the molecule is COC(c1noc(/C=C/c2ccc(N)cc2)n1)C1CC1. The molecule has 1 unspecified atom stereocenters. The van der Waals surface area contributed by atoms with Crippen LogP contribution >= 0.6 is 0 Å². The molecule has 5 nitrogen and oxygen atoms in total. The average molecular weight is 271 g/mol. The Morgan fingerprint density at radius 2 is 2.05 bits per heavy atom. The van der Waals surface area contributed by atoms with Crippen LogP contribution in [0.2, 0.25) is 0 Å². The number of rotatable bonds is 5. The lowest BCUT2D eigenvalue weighted by atomic mass is 10.2. The van der Waals surface area contributed by atoms with Crippen molar-refractivity contribution in [2.24, 2.45) is 5.92 Å². The summed E-state index contributed by atoms with van der Waals surface area (Å²) in [5, 5.41) is 3.99. The zero-order valence-electron chi connectivity index (χ0n) is 11.3. The third-order valence-corrected chi connectivity index (χ3v) is 3.37. The Bertz CT molecular complexity index is 600. The van der Waals surface area contributed by atoms with Gasteiger partial charge in [0.25, 0.3) is 5.89 Å². The second kappa shape index (κ2) is 5.46. The van der Waals surface area contributed by atoms with Gasteiger partial charge in [0.05, 0.1) is 0 Å². The zero-order valence-corrected chi connectivity index (χ0v) is 11.3. The molecule has 0 saturated heterocycles. The molecule has 1 atom stereocenters. The summed E-state index contributed by atoms with van der Waals surface area (Å²) in [5.41, 5.74) is 7.42. The minimum absolute atomic E-state index is 0.0441. The number of ether oxygens (including phenoxy) is 1. The minimum Gasteiger partial charge on any atom is -0.399 e. The molecule has 5 heteroatoms. The predicted molar refractivity (Wildman–Crippen MR) is 76.6 cm³/mol. The molecule has 0 spiro atoms. The van der Waals surface area contributed by atoms with E-state index in [9.17, 15) is 0 Å². The molecule has 1 aromatic carbocycles. The summed E-state index contributed by atoms with van der Waals surface area (Å²) < 4.78 is 10.6. The smallest absolute Gasteiger partial charge is 0.250 e. The highest BCUT2D eigenvalue weighted by atomic mass is 16.5. The van der Waals surface area contributed by atoms with E-state index in [0.717, 1.165) is 11.3 Å². The third-order valence-electron chi connectivity index (χ3n) is 3.37. The van der Waals surface area contributed by atoms with Crippen molar-refractivity contribution in [2.45, 2.75) is 18.9 Å². The molecule has 2 N–H and O–H groups in total. The fourth-order valence-corrected chi connectivity index (χ4v) is 2.11. The molecule has 0 amide bonds. The van der Waals surface area contributed by atoms with Gasteiger partial charge >= 0.3 is 0 Å². The van der Waals surface area contributed by atoms with Crippen molar-refractivity contribution >= 4 is 17.8 Å². The van der Waals surface area contributed by atoms with Gasteiger partial charge in [-0.3, -0.25) is 0 Å². The van der Waals surface area contributed by atoms with Crippen LogP contribution in [0, 0.1) is 5.92 Å². The van der Waals surface area contributed by atoms with E-state index < -0.39 is 0 Å². The normalized spacial score (nSPS) is 16.6. The van der Waals surface area contributed by atoms with E-state index in [1.807, 2.05) is 30.3 Å². The highest BCUT2D eigenvalue weighted by Crippen LogP contribution is 2.41. The van der Waals surface area contributed by atoms with Crippen molar-refractivity contribution in [3.8, 4) is 0 Å². The first kappa shape index (κ1) is 12.9. The number of nitrogen functional groups attached to an aromatic ring is 1. The molecule has 1 saturated carbocycles. The molecule has 2 aromatic rings. The van der Waals surface area contributed by atoms with Crippen LogP contribution in [0.25, 0.3) is 12.2 Å². The highest BCUT2D eigenvalue weighted by Gasteiger charge is 2.35. The lowest BCUT2D eigenvalue weighted by Crippen LogP contribution is -2.05. The maximum absolute atomic E-state index is 5.64. The first-order valence-corrected chi connectivity index (χ1v) is 6.66. The van der Waals surface area contributed by atoms with Gasteiger partial charge in [-0.2, -0.15) is 4.98 Å². The van der Waals surface area contributed by atoms with Gasteiger partial charge in [0, 0.05) is 18.9 Å². The Hall–Kier alpha value is -2.14. The Labute approximate surface area is 117 Å². The Morgan fingerprint density at radius 1 is 1.30 bits per heavy atom. The van der Waals surface area contributed by atoms with Crippen LogP contribution in [-0.4, -0.2) is 17.3 Å². The summed E-state index contributed by atoms with van der Waals surface area (Å²) in [6.45, 7) is 0. The lowest BCUT2D eigenvalue weighted by molar-refractivity contribution is 0.0751. The second-order valence-corrected chi connectivity index (χ2v) is 4.98. The number of anilines is 1. The molecule has 0 bridgehead atoms. The quantitative estimate of drug-likeness (QED) is 0.846. The Morgan fingerprint density at radius 3 is 2.70 bits per heavy atom. The van der Waals surface area contributed by atoms with Gasteiger partial charge < -0.3 is 15.0 Å². The maximum Gasteiger partial charge on any atom is 0.250 e. The number of hydrogen-bond donors (Lipinski definition) is 1. The van der Waals surface area contributed by atoms with E-state index in [1.54, 1.807) is 13.2 Å². The largest absolute Gasteiger partial charge is 0.399 e. The van der Waals surface area contributed by atoms with E-state index in [-0.39, 0.29) is 6.10 Å². The predicted octanol–water partition coefficient (Wildman–Crippen LogP) is 2.92. The van der Waals surface area contributed by atoms with E-state index in [4.69, 9.17) is 15.0 Å². The Balaban J connectivity index is 1.71. The van der Waals surface area contributed by atoms with Crippen molar-refractivity contribution in [3.63, 3.8) is 0 Å². The van der Waals surface area contributed by atoms with Crippen molar-refractivity contribution in [1.29, 1.82) is 0 Å². The van der Waals surface area contributed by atoms with Crippen LogP contribution in [0.1, 0.15) is 36.2 Å². The molecule has 0 aliphatic heterocycles. The molecule has 1 aromatic heterocycles. The molecule has 104 valence electrons. The molecule has 1 aliphatic carbocycles. The van der Waals surface area contributed by atoms with E-state index in [2.05, 4.69) is 10.1 Å². The number of nitrogens with two attached hydrogens (primary N) is 1. The first-order chi connectivity index (χ1) is 9.76. The van der Waals surface area contributed by atoms with Gasteiger partial charge in [0.1, 0.15) is 6.10 Å². The van der Waals surface area contributed by atoms with Crippen molar-refractivity contribution in [2.75, 3.05) is 12.8 Å². The third kappa shape index (κ3) is 2.88. The highest BCUT2D eigenvalue weighted by molar-refractivity contribution is 5.66. The lowest BCUT2D eigenvalue weighted by Gasteiger charge is -2.07. The monoisotopic (exact) mass is 271 g/mol. The molecule has 1 aliphatic rings. The number of methoxy groups -OCH3 is 1. The summed E-state index contributed by atoms with van der Waals surface area (Å²) in [6.07, 6.45) is 6.00. The first-order valence-electron chi connectivity index (χ1n) is 6.66. The number of hydrogen-bond acceptors (Lipinski definition) is 5. The minimum atomic E-state index is -0.0441.